The molecule has 6 heteroatoms. The van der Waals surface area contributed by atoms with Crippen molar-refractivity contribution in [2.24, 2.45) is 4.99 Å². The fourth-order valence-electron chi connectivity index (χ4n) is 2.14. The lowest BCUT2D eigenvalue weighted by Gasteiger charge is -1.98. The van der Waals surface area contributed by atoms with Crippen LogP contribution in [0.15, 0.2) is 47.2 Å². The number of ether oxygens (including phenoxy) is 1. The highest BCUT2D eigenvalue weighted by atomic mass is 16.6. The van der Waals surface area contributed by atoms with Crippen LogP contribution in [0, 0.1) is 0 Å². The van der Waals surface area contributed by atoms with E-state index in [1.54, 1.807) is 19.2 Å². The third-order valence-electron chi connectivity index (χ3n) is 3.13. The Bertz CT molecular complexity index is 816. The molecule has 0 aliphatic carbocycles. The summed E-state index contributed by atoms with van der Waals surface area (Å²) in [4.78, 5) is 27.3. The maximum absolute atomic E-state index is 11.7. The van der Waals surface area contributed by atoms with Gasteiger partial charge in [0.15, 0.2) is 11.6 Å². The second-order valence-electron chi connectivity index (χ2n) is 4.81. The molecule has 0 saturated carbocycles. The molecule has 1 aromatic carbocycles. The average Bonchev–Trinajstić information content (AvgIpc) is 3.04. The number of aromatic nitrogens is 2. The third-order valence-corrected chi connectivity index (χ3v) is 3.13. The van der Waals surface area contributed by atoms with Gasteiger partial charge in [-0.05, 0) is 6.08 Å². The van der Waals surface area contributed by atoms with E-state index in [1.165, 1.54) is 11.6 Å². The third kappa shape index (κ3) is 2.58. The largest absolute Gasteiger partial charge is 0.407 e. The Labute approximate surface area is 126 Å². The predicted octanol–water partition coefficient (Wildman–Crippen LogP) is 2.53. The minimum atomic E-state index is -0.507. The Morgan fingerprint density at radius 3 is 2.59 bits per heavy atom. The van der Waals surface area contributed by atoms with Crippen molar-refractivity contribution in [2.45, 2.75) is 13.8 Å². The number of cyclic esters (lactones) is 1. The van der Waals surface area contributed by atoms with Gasteiger partial charge in [-0.3, -0.25) is 4.79 Å². The summed E-state index contributed by atoms with van der Waals surface area (Å²) in [6, 6.07) is 9.43. The Kier molecular flexibility index (Phi) is 3.42. The van der Waals surface area contributed by atoms with Crippen molar-refractivity contribution < 1.29 is 14.3 Å². The van der Waals surface area contributed by atoms with Crippen LogP contribution in [-0.4, -0.2) is 27.6 Å². The van der Waals surface area contributed by atoms with E-state index in [0.717, 1.165) is 5.56 Å². The first-order valence-corrected chi connectivity index (χ1v) is 6.70. The summed E-state index contributed by atoms with van der Waals surface area (Å²) in [5.74, 6) is -0.418. The van der Waals surface area contributed by atoms with Crippen molar-refractivity contribution in [3.63, 3.8) is 0 Å². The van der Waals surface area contributed by atoms with Crippen molar-refractivity contribution in [1.29, 1.82) is 0 Å². The van der Waals surface area contributed by atoms with Crippen molar-refractivity contribution in [1.82, 2.24) is 9.78 Å². The zero-order chi connectivity index (χ0) is 15.7. The zero-order valence-electron chi connectivity index (χ0n) is 12.1. The molecule has 0 fully saturated rings. The van der Waals surface area contributed by atoms with Gasteiger partial charge in [0, 0.05) is 31.2 Å². The monoisotopic (exact) mass is 295 g/mol. The van der Waals surface area contributed by atoms with Gasteiger partial charge in [0.2, 0.25) is 5.91 Å². The van der Waals surface area contributed by atoms with E-state index < -0.39 is 5.97 Å². The van der Waals surface area contributed by atoms with E-state index in [1.807, 2.05) is 30.3 Å². The summed E-state index contributed by atoms with van der Waals surface area (Å²) in [7, 11) is 0. The van der Waals surface area contributed by atoms with Crippen LogP contribution in [0.25, 0.3) is 17.3 Å². The molecule has 0 radical (unpaired) electrons. The summed E-state index contributed by atoms with van der Waals surface area (Å²) in [5.41, 5.74) is 2.28. The second kappa shape index (κ2) is 5.40. The molecule has 2 heterocycles. The number of carbonyl (C=O) groups is 2. The molecule has 0 amide bonds. The van der Waals surface area contributed by atoms with Gasteiger partial charge in [0.25, 0.3) is 0 Å². The summed E-state index contributed by atoms with van der Waals surface area (Å²) >= 11 is 0. The summed E-state index contributed by atoms with van der Waals surface area (Å²) in [5, 5.41) is 4.29. The van der Waals surface area contributed by atoms with E-state index in [2.05, 4.69) is 10.1 Å². The lowest BCUT2D eigenvalue weighted by Crippen LogP contribution is -2.05. The summed E-state index contributed by atoms with van der Waals surface area (Å²) < 4.78 is 6.14. The number of benzene rings is 1. The van der Waals surface area contributed by atoms with E-state index in [-0.39, 0.29) is 11.6 Å². The van der Waals surface area contributed by atoms with E-state index in [0.29, 0.717) is 17.2 Å². The maximum atomic E-state index is 11.7. The predicted molar refractivity (Wildman–Crippen MR) is 81.1 cm³/mol. The number of nitrogens with zero attached hydrogens (tertiary/aromatic N) is 3. The van der Waals surface area contributed by atoms with E-state index in [9.17, 15) is 9.59 Å². The topological polar surface area (TPSA) is 73.6 Å². The fraction of sp³-hybridized carbons (Fsp3) is 0.125. The molecule has 1 aliphatic rings. The number of rotatable bonds is 2. The molecule has 0 spiro atoms. The molecule has 3 rings (SSSR count). The van der Waals surface area contributed by atoms with Gasteiger partial charge < -0.3 is 4.74 Å². The highest BCUT2D eigenvalue weighted by Crippen LogP contribution is 2.25. The van der Waals surface area contributed by atoms with Crippen molar-refractivity contribution in [3.8, 4) is 11.3 Å². The van der Waals surface area contributed by atoms with Crippen LogP contribution < -0.4 is 0 Å². The Hall–Kier alpha value is -3.02. The number of esters is 1. The SMILES string of the molecule is CC(=O)n1cc(C=C2N=C(C)OC2=O)c(-c2ccccc2)n1. The Morgan fingerprint density at radius 2 is 2.00 bits per heavy atom. The minimum Gasteiger partial charge on any atom is -0.407 e. The molecule has 1 aliphatic heterocycles. The molecule has 1 aromatic heterocycles. The van der Waals surface area contributed by atoms with Gasteiger partial charge in [0.1, 0.15) is 5.69 Å². The quantitative estimate of drug-likeness (QED) is 0.630. The van der Waals surface area contributed by atoms with Gasteiger partial charge in [-0.15, -0.1) is 0 Å². The number of carbonyl (C=O) groups excluding carboxylic acids is 2. The molecule has 110 valence electrons. The molecule has 0 bridgehead atoms. The van der Waals surface area contributed by atoms with Crippen LogP contribution in [0.1, 0.15) is 24.2 Å². The Morgan fingerprint density at radius 1 is 1.27 bits per heavy atom. The van der Waals surface area contributed by atoms with Crippen molar-refractivity contribution in [2.75, 3.05) is 0 Å². The lowest BCUT2D eigenvalue weighted by atomic mass is 10.1. The van der Waals surface area contributed by atoms with Crippen LogP contribution in [0.4, 0.5) is 0 Å². The first-order chi connectivity index (χ1) is 10.5. The highest BCUT2D eigenvalue weighted by Gasteiger charge is 2.21. The van der Waals surface area contributed by atoms with Gasteiger partial charge >= 0.3 is 5.97 Å². The molecule has 6 nitrogen and oxygen atoms in total. The van der Waals surface area contributed by atoms with E-state index >= 15 is 0 Å². The molecule has 2 aromatic rings. The van der Waals surface area contributed by atoms with Gasteiger partial charge in [-0.2, -0.15) is 5.10 Å². The molecule has 0 saturated heterocycles. The normalized spacial score (nSPS) is 15.8. The minimum absolute atomic E-state index is 0.192. The summed E-state index contributed by atoms with van der Waals surface area (Å²) in [6.45, 7) is 3.03. The molecular weight excluding hydrogens is 282 g/mol. The summed E-state index contributed by atoms with van der Waals surface area (Å²) in [6.07, 6.45) is 3.15. The first kappa shape index (κ1) is 13.9. The van der Waals surface area contributed by atoms with Crippen LogP contribution in [-0.2, 0) is 9.53 Å². The molecular formula is C16H13N3O3. The fourth-order valence-corrected chi connectivity index (χ4v) is 2.14. The van der Waals surface area contributed by atoms with Crippen molar-refractivity contribution in [3.05, 3.63) is 47.8 Å². The number of hydrogen-bond acceptors (Lipinski definition) is 5. The van der Waals surface area contributed by atoms with E-state index in [4.69, 9.17) is 4.74 Å². The smallest absolute Gasteiger partial charge is 0.363 e. The van der Waals surface area contributed by atoms with Crippen LogP contribution in [0.3, 0.4) is 0 Å². The van der Waals surface area contributed by atoms with Gasteiger partial charge in [-0.1, -0.05) is 30.3 Å². The van der Waals surface area contributed by atoms with Gasteiger partial charge in [-0.25, -0.2) is 14.5 Å². The molecule has 0 atom stereocenters. The standard InChI is InChI=1S/C16H13N3O3/c1-10-17-14(16(21)22-10)8-13-9-19(11(2)20)18-15(13)12-6-4-3-5-7-12/h3-9H,1-2H3. The average molecular weight is 295 g/mol. The zero-order valence-corrected chi connectivity index (χ0v) is 12.1. The molecule has 0 N–H and O–H groups in total. The lowest BCUT2D eigenvalue weighted by molar-refractivity contribution is -0.130. The van der Waals surface area contributed by atoms with Crippen LogP contribution in [0.2, 0.25) is 0 Å². The molecule has 0 unspecified atom stereocenters. The Balaban J connectivity index is 2.13. The first-order valence-electron chi connectivity index (χ1n) is 6.70. The van der Waals surface area contributed by atoms with Crippen LogP contribution in [0.5, 0.6) is 0 Å². The maximum Gasteiger partial charge on any atom is 0.363 e. The van der Waals surface area contributed by atoms with Crippen molar-refractivity contribution >= 4 is 23.9 Å². The second-order valence-corrected chi connectivity index (χ2v) is 4.81. The number of aliphatic imine (C=N–C) groups is 1. The molecule has 22 heavy (non-hydrogen) atoms. The highest BCUT2D eigenvalue weighted by molar-refractivity contribution is 6.06. The number of hydrogen-bond donors (Lipinski definition) is 0. The van der Waals surface area contributed by atoms with Gasteiger partial charge in [0.05, 0.1) is 0 Å². The van der Waals surface area contributed by atoms with Crippen LogP contribution >= 0.6 is 0 Å².